The van der Waals surface area contributed by atoms with Gasteiger partial charge in [0.05, 0.1) is 5.01 Å². The molecule has 0 aromatic carbocycles. The highest BCUT2D eigenvalue weighted by molar-refractivity contribution is 7.13. The predicted octanol–water partition coefficient (Wildman–Crippen LogP) is 1.35. The third-order valence-corrected chi connectivity index (χ3v) is 3.39. The van der Waals surface area contributed by atoms with Gasteiger partial charge in [0.2, 0.25) is 0 Å². The van der Waals surface area contributed by atoms with Gasteiger partial charge in [0, 0.05) is 23.4 Å². The molecule has 16 heavy (non-hydrogen) atoms. The van der Waals surface area contributed by atoms with Gasteiger partial charge >= 0.3 is 0 Å². The highest BCUT2D eigenvalue weighted by Gasteiger charge is 2.11. The Kier molecular flexibility index (Phi) is 3.60. The van der Waals surface area contributed by atoms with E-state index in [1.54, 1.807) is 17.0 Å². The first-order chi connectivity index (χ1) is 7.79. The zero-order valence-corrected chi connectivity index (χ0v) is 9.98. The summed E-state index contributed by atoms with van der Waals surface area (Å²) in [6.07, 6.45) is 2.34. The molecule has 0 radical (unpaired) electrons. The molecule has 2 aromatic rings. The average molecular weight is 254 g/mol. The maximum atomic E-state index is 11.7. The number of nitrogens with two attached hydrogens (primary N) is 1. The molecule has 0 saturated heterocycles. The molecule has 0 aliphatic carbocycles. The van der Waals surface area contributed by atoms with E-state index < -0.39 is 0 Å². The molecule has 2 aromatic heterocycles. The first-order valence-corrected chi connectivity index (χ1v) is 6.41. The van der Waals surface area contributed by atoms with E-state index in [0.29, 0.717) is 23.8 Å². The molecule has 3 N–H and O–H groups in total. The van der Waals surface area contributed by atoms with Crippen molar-refractivity contribution in [2.75, 3.05) is 11.9 Å². The van der Waals surface area contributed by atoms with Crippen LogP contribution in [0.2, 0.25) is 0 Å². The van der Waals surface area contributed by atoms with Crippen LogP contribution in [-0.2, 0) is 6.42 Å². The van der Waals surface area contributed by atoms with Crippen molar-refractivity contribution in [1.82, 2.24) is 9.97 Å². The Morgan fingerprint density at radius 1 is 1.50 bits per heavy atom. The summed E-state index contributed by atoms with van der Waals surface area (Å²) in [6, 6.07) is 0. The maximum absolute atomic E-state index is 11.7. The standard InChI is InChI=1S/C9H10N4OS2/c10-2-1-7-12-6(5-16-7)8(14)13-9-11-3-4-15-9/h3-5H,1-2,10H2,(H,11,13,14). The number of hydrogen-bond donors (Lipinski definition) is 2. The molecule has 0 atom stereocenters. The number of amides is 1. The number of anilines is 1. The Bertz CT molecular complexity index is 466. The zero-order valence-electron chi connectivity index (χ0n) is 8.34. The summed E-state index contributed by atoms with van der Waals surface area (Å²) >= 11 is 2.82. The van der Waals surface area contributed by atoms with Crippen molar-refractivity contribution in [1.29, 1.82) is 0 Å². The lowest BCUT2D eigenvalue weighted by Crippen LogP contribution is -2.12. The lowest BCUT2D eigenvalue weighted by molar-refractivity contribution is 0.102. The second-order valence-corrected chi connectivity index (χ2v) is 4.79. The summed E-state index contributed by atoms with van der Waals surface area (Å²) in [5.74, 6) is -0.227. The van der Waals surface area contributed by atoms with E-state index in [1.807, 2.05) is 0 Å². The molecular weight excluding hydrogens is 244 g/mol. The van der Waals surface area contributed by atoms with Crippen LogP contribution in [0, 0.1) is 0 Å². The third kappa shape index (κ3) is 2.63. The molecule has 0 bridgehead atoms. The molecule has 7 heteroatoms. The summed E-state index contributed by atoms with van der Waals surface area (Å²) in [7, 11) is 0. The molecule has 84 valence electrons. The summed E-state index contributed by atoms with van der Waals surface area (Å²) in [5, 5.41) is 7.67. The fourth-order valence-electron chi connectivity index (χ4n) is 1.10. The molecule has 5 nitrogen and oxygen atoms in total. The molecule has 2 heterocycles. The second kappa shape index (κ2) is 5.15. The van der Waals surface area contributed by atoms with Gasteiger partial charge in [-0.2, -0.15) is 0 Å². The minimum atomic E-state index is -0.227. The molecule has 2 rings (SSSR count). The third-order valence-electron chi connectivity index (χ3n) is 1.80. The molecule has 0 unspecified atom stereocenters. The van der Waals surface area contributed by atoms with E-state index in [9.17, 15) is 4.79 Å². The highest BCUT2D eigenvalue weighted by atomic mass is 32.1. The van der Waals surface area contributed by atoms with Gasteiger partial charge in [-0.15, -0.1) is 22.7 Å². The van der Waals surface area contributed by atoms with Crippen LogP contribution >= 0.6 is 22.7 Å². The summed E-state index contributed by atoms with van der Waals surface area (Å²) in [4.78, 5) is 19.8. The zero-order chi connectivity index (χ0) is 11.4. The Morgan fingerprint density at radius 2 is 2.38 bits per heavy atom. The van der Waals surface area contributed by atoms with Crippen molar-refractivity contribution in [2.45, 2.75) is 6.42 Å². The van der Waals surface area contributed by atoms with E-state index in [1.165, 1.54) is 22.7 Å². The van der Waals surface area contributed by atoms with Gasteiger partial charge in [-0.25, -0.2) is 9.97 Å². The van der Waals surface area contributed by atoms with E-state index >= 15 is 0 Å². The molecule has 1 amide bonds. The van der Waals surface area contributed by atoms with Crippen LogP contribution in [0.4, 0.5) is 5.13 Å². The van der Waals surface area contributed by atoms with Crippen molar-refractivity contribution >= 4 is 33.7 Å². The van der Waals surface area contributed by atoms with E-state index in [0.717, 1.165) is 5.01 Å². The molecular formula is C9H10N4OS2. The Balaban J connectivity index is 2.03. The average Bonchev–Trinajstić information content (AvgIpc) is 2.89. The number of nitrogens with zero attached hydrogens (tertiary/aromatic N) is 2. The van der Waals surface area contributed by atoms with Crippen molar-refractivity contribution in [3.05, 3.63) is 27.7 Å². The normalized spacial score (nSPS) is 10.3. The van der Waals surface area contributed by atoms with Gasteiger partial charge in [0.15, 0.2) is 5.13 Å². The van der Waals surface area contributed by atoms with E-state index in [-0.39, 0.29) is 5.91 Å². The Morgan fingerprint density at radius 3 is 3.06 bits per heavy atom. The molecule has 0 aliphatic rings. The number of aromatic nitrogens is 2. The Labute approximate surface area is 100 Å². The van der Waals surface area contributed by atoms with Crippen molar-refractivity contribution in [3.8, 4) is 0 Å². The van der Waals surface area contributed by atoms with Crippen molar-refractivity contribution in [3.63, 3.8) is 0 Å². The van der Waals surface area contributed by atoms with Crippen molar-refractivity contribution in [2.24, 2.45) is 5.73 Å². The number of nitrogens with one attached hydrogen (secondary N) is 1. The van der Waals surface area contributed by atoms with E-state index in [4.69, 9.17) is 5.73 Å². The van der Waals surface area contributed by atoms with Gasteiger partial charge in [-0.1, -0.05) is 0 Å². The minimum Gasteiger partial charge on any atom is -0.330 e. The highest BCUT2D eigenvalue weighted by Crippen LogP contribution is 2.14. The van der Waals surface area contributed by atoms with Gasteiger partial charge in [0.1, 0.15) is 5.69 Å². The number of carbonyl (C=O) groups is 1. The van der Waals surface area contributed by atoms with Crippen LogP contribution < -0.4 is 11.1 Å². The fraction of sp³-hybridized carbons (Fsp3) is 0.222. The summed E-state index contributed by atoms with van der Waals surface area (Å²) in [5.41, 5.74) is 5.83. The first kappa shape index (κ1) is 11.2. The number of thiazole rings is 2. The van der Waals surface area contributed by atoms with Crippen molar-refractivity contribution < 1.29 is 4.79 Å². The van der Waals surface area contributed by atoms with Gasteiger partial charge in [-0.05, 0) is 6.54 Å². The molecule has 0 aliphatic heterocycles. The molecule has 0 spiro atoms. The van der Waals surface area contributed by atoms with Gasteiger partial charge in [-0.3, -0.25) is 10.1 Å². The maximum Gasteiger partial charge on any atom is 0.276 e. The Hall–Kier alpha value is -1.31. The second-order valence-electron chi connectivity index (χ2n) is 2.96. The van der Waals surface area contributed by atoms with Gasteiger partial charge < -0.3 is 5.73 Å². The SMILES string of the molecule is NCCc1nc(C(=O)Nc2nccs2)cs1. The monoisotopic (exact) mass is 254 g/mol. The molecule has 0 saturated carbocycles. The van der Waals surface area contributed by atoms with Crippen LogP contribution in [0.25, 0.3) is 0 Å². The lowest BCUT2D eigenvalue weighted by atomic mass is 10.4. The lowest BCUT2D eigenvalue weighted by Gasteiger charge is -1.96. The number of carbonyl (C=O) groups excluding carboxylic acids is 1. The minimum absolute atomic E-state index is 0.227. The van der Waals surface area contributed by atoms with Crippen LogP contribution in [0.15, 0.2) is 17.0 Å². The van der Waals surface area contributed by atoms with Crippen LogP contribution in [-0.4, -0.2) is 22.4 Å². The number of hydrogen-bond acceptors (Lipinski definition) is 6. The van der Waals surface area contributed by atoms with Crippen LogP contribution in [0.5, 0.6) is 0 Å². The summed E-state index contributed by atoms with van der Waals surface area (Å²) < 4.78 is 0. The quantitative estimate of drug-likeness (QED) is 0.863. The van der Waals surface area contributed by atoms with Crippen LogP contribution in [0.3, 0.4) is 0 Å². The molecule has 0 fully saturated rings. The van der Waals surface area contributed by atoms with Crippen LogP contribution in [0.1, 0.15) is 15.5 Å². The first-order valence-electron chi connectivity index (χ1n) is 4.65. The predicted molar refractivity (Wildman–Crippen MR) is 64.9 cm³/mol. The van der Waals surface area contributed by atoms with Gasteiger partial charge in [0.25, 0.3) is 5.91 Å². The largest absolute Gasteiger partial charge is 0.330 e. The number of rotatable bonds is 4. The smallest absolute Gasteiger partial charge is 0.276 e. The summed E-state index contributed by atoms with van der Waals surface area (Å²) in [6.45, 7) is 0.543. The van der Waals surface area contributed by atoms with E-state index in [2.05, 4.69) is 15.3 Å². The topological polar surface area (TPSA) is 80.9 Å². The fourth-order valence-corrected chi connectivity index (χ4v) is 2.42.